The van der Waals surface area contributed by atoms with Gasteiger partial charge in [0.05, 0.1) is 5.70 Å². The van der Waals surface area contributed by atoms with Gasteiger partial charge in [-0.15, -0.1) is 0 Å². The summed E-state index contributed by atoms with van der Waals surface area (Å²) in [7, 11) is 0. The van der Waals surface area contributed by atoms with E-state index < -0.39 is 11.4 Å². The number of anilines is 1. The average Bonchev–Trinajstić information content (AvgIpc) is 3.31. The van der Waals surface area contributed by atoms with Crippen molar-refractivity contribution in [2.45, 2.75) is 52.1 Å². The third-order valence-electron chi connectivity index (χ3n) is 6.17. The largest absolute Gasteiger partial charge is 0.480 e. The smallest absolute Gasteiger partial charge is 0.328 e. The number of nitrogens with zero attached hydrogens (tertiary/aromatic N) is 3. The number of hydrogen-bond donors (Lipinski definition) is 1. The molecule has 4 rings (SSSR count). The summed E-state index contributed by atoms with van der Waals surface area (Å²) in [6.45, 7) is 9.35. The number of hydrogen-bond acceptors (Lipinski definition) is 4. The van der Waals surface area contributed by atoms with Crippen molar-refractivity contribution in [1.82, 2.24) is 4.90 Å². The Labute approximate surface area is 165 Å². The Hall–Kier alpha value is -2.63. The van der Waals surface area contributed by atoms with E-state index in [1.807, 2.05) is 18.2 Å². The number of carbonyl (C=O) groups is 2. The van der Waals surface area contributed by atoms with Crippen molar-refractivity contribution in [3.63, 3.8) is 0 Å². The van der Waals surface area contributed by atoms with Crippen molar-refractivity contribution in [2.24, 2.45) is 10.4 Å². The first kappa shape index (κ1) is 18.7. The lowest BCUT2D eigenvalue weighted by Crippen LogP contribution is -2.56. The van der Waals surface area contributed by atoms with Crippen LogP contribution in [0, 0.1) is 5.41 Å². The van der Waals surface area contributed by atoms with Gasteiger partial charge in [-0.25, -0.2) is 0 Å². The fourth-order valence-corrected chi connectivity index (χ4v) is 4.75. The van der Waals surface area contributed by atoms with E-state index >= 15 is 0 Å². The molecule has 6 heteroatoms. The number of benzene rings is 1. The molecule has 0 saturated carbocycles. The number of aliphatic imine (C=N–C) groups is 1. The molecule has 2 atom stereocenters. The molecule has 3 heterocycles. The molecule has 0 aromatic heterocycles. The van der Waals surface area contributed by atoms with Gasteiger partial charge in [0.1, 0.15) is 6.17 Å². The molecule has 1 aromatic rings. The molecule has 148 valence electrons. The predicted molar refractivity (Wildman–Crippen MR) is 108 cm³/mol. The highest BCUT2D eigenvalue weighted by molar-refractivity contribution is 6.15. The average molecular weight is 381 g/mol. The summed E-state index contributed by atoms with van der Waals surface area (Å²) in [5, 5.41) is 10.4. The van der Waals surface area contributed by atoms with E-state index in [4.69, 9.17) is 4.99 Å². The van der Waals surface area contributed by atoms with Crippen LogP contribution in [0.4, 0.5) is 5.69 Å². The number of allylic oxidation sites excluding steroid dienone is 1. The summed E-state index contributed by atoms with van der Waals surface area (Å²) in [6, 6.07) is 7.40. The third kappa shape index (κ3) is 2.36. The molecule has 28 heavy (non-hydrogen) atoms. The zero-order valence-corrected chi connectivity index (χ0v) is 16.9. The number of fused-ring (bicyclic) bond motifs is 3. The molecule has 0 spiro atoms. The lowest BCUT2D eigenvalue weighted by atomic mass is 9.69. The minimum Gasteiger partial charge on any atom is -0.480 e. The van der Waals surface area contributed by atoms with Gasteiger partial charge in [0, 0.05) is 36.0 Å². The molecular formula is C22H27N3O3. The summed E-state index contributed by atoms with van der Waals surface area (Å²) in [4.78, 5) is 34.9. The van der Waals surface area contributed by atoms with Gasteiger partial charge in [0.25, 0.3) is 0 Å². The number of carboxylic acids is 1. The molecule has 0 aliphatic carbocycles. The van der Waals surface area contributed by atoms with Gasteiger partial charge in [-0.2, -0.15) is 0 Å². The van der Waals surface area contributed by atoms with Crippen molar-refractivity contribution in [3.05, 3.63) is 41.1 Å². The third-order valence-corrected chi connectivity index (χ3v) is 6.17. The zero-order chi connectivity index (χ0) is 20.3. The normalized spacial score (nSPS) is 26.5. The van der Waals surface area contributed by atoms with E-state index in [1.165, 1.54) is 0 Å². The fourth-order valence-electron chi connectivity index (χ4n) is 4.75. The molecular weight excluding hydrogens is 354 g/mol. The Bertz CT molecular complexity index is 906. The highest BCUT2D eigenvalue weighted by Crippen LogP contribution is 2.50. The molecule has 1 amide bonds. The van der Waals surface area contributed by atoms with Gasteiger partial charge in [0.15, 0.2) is 5.41 Å². The lowest BCUT2D eigenvalue weighted by molar-refractivity contribution is -0.151. The molecule has 1 saturated heterocycles. The second-order valence-corrected chi connectivity index (χ2v) is 8.97. The van der Waals surface area contributed by atoms with E-state index in [1.54, 1.807) is 24.1 Å². The Balaban J connectivity index is 1.99. The monoisotopic (exact) mass is 381 g/mol. The van der Waals surface area contributed by atoms with Crippen molar-refractivity contribution in [3.8, 4) is 0 Å². The van der Waals surface area contributed by atoms with Crippen LogP contribution in [0.15, 0.2) is 40.5 Å². The predicted octanol–water partition coefficient (Wildman–Crippen LogP) is 3.18. The summed E-state index contributed by atoms with van der Waals surface area (Å²) in [5.74, 6) is -1.45. The van der Waals surface area contributed by atoms with Crippen LogP contribution in [0.5, 0.6) is 0 Å². The molecule has 2 unspecified atom stereocenters. The van der Waals surface area contributed by atoms with E-state index in [9.17, 15) is 14.7 Å². The number of carbonyl (C=O) groups excluding carboxylic acids is 1. The molecule has 1 fully saturated rings. The maximum absolute atomic E-state index is 13.7. The van der Waals surface area contributed by atoms with E-state index in [-0.39, 0.29) is 17.5 Å². The Morgan fingerprint density at radius 1 is 1.18 bits per heavy atom. The molecule has 0 radical (unpaired) electrons. The van der Waals surface area contributed by atoms with Crippen molar-refractivity contribution >= 4 is 23.8 Å². The zero-order valence-electron chi connectivity index (χ0n) is 16.9. The van der Waals surface area contributed by atoms with E-state index in [0.29, 0.717) is 24.2 Å². The van der Waals surface area contributed by atoms with Crippen LogP contribution in [0.25, 0.3) is 0 Å². The van der Waals surface area contributed by atoms with Crippen LogP contribution in [0.3, 0.4) is 0 Å². The second kappa shape index (κ2) is 6.19. The molecule has 3 aliphatic rings. The number of carboxylic acid groups (broad SMARTS) is 1. The topological polar surface area (TPSA) is 73.2 Å². The highest BCUT2D eigenvalue weighted by atomic mass is 16.4. The minimum absolute atomic E-state index is 0.145. The Morgan fingerprint density at radius 2 is 1.82 bits per heavy atom. The number of rotatable bonds is 2. The maximum atomic E-state index is 13.7. The number of amides is 1. The standard InChI is InChI=1S/C22H27N3O3/c1-14-17-13-23-18(21(2,3)4)25(17)16-10-6-5-9-15(16)22(14,20(27)28)19(26)24-11-7-8-12-24/h5-6,9-10,13,18H,7-8,11-12H2,1-4H3,(H,27,28). The first-order chi connectivity index (χ1) is 13.2. The second-order valence-electron chi connectivity index (χ2n) is 8.97. The van der Waals surface area contributed by atoms with Crippen LogP contribution in [0.2, 0.25) is 0 Å². The van der Waals surface area contributed by atoms with Gasteiger partial charge < -0.3 is 14.9 Å². The maximum Gasteiger partial charge on any atom is 0.328 e. The number of para-hydroxylation sites is 1. The quantitative estimate of drug-likeness (QED) is 0.799. The number of likely N-dealkylation sites (tertiary alicyclic amines) is 1. The summed E-state index contributed by atoms with van der Waals surface area (Å²) in [5.41, 5.74) is 0.731. The summed E-state index contributed by atoms with van der Waals surface area (Å²) in [6.07, 6.45) is 3.43. The fraction of sp³-hybridized carbons (Fsp3) is 0.500. The Morgan fingerprint density at radius 3 is 2.43 bits per heavy atom. The van der Waals surface area contributed by atoms with Crippen LogP contribution in [-0.2, 0) is 15.0 Å². The number of aliphatic carboxylic acids is 1. The SMILES string of the molecule is CC1=C2C=NC(C(C)(C)C)N2c2ccccc2C1(C(=O)O)C(=O)N1CCCC1. The van der Waals surface area contributed by atoms with Gasteiger partial charge in [0.2, 0.25) is 5.91 Å². The minimum atomic E-state index is -1.70. The summed E-state index contributed by atoms with van der Waals surface area (Å²) >= 11 is 0. The van der Waals surface area contributed by atoms with Crippen LogP contribution in [-0.4, -0.2) is 47.4 Å². The summed E-state index contributed by atoms with van der Waals surface area (Å²) < 4.78 is 0. The van der Waals surface area contributed by atoms with Gasteiger partial charge in [-0.3, -0.25) is 14.6 Å². The highest BCUT2D eigenvalue weighted by Gasteiger charge is 2.58. The van der Waals surface area contributed by atoms with Gasteiger partial charge in [-0.1, -0.05) is 39.0 Å². The van der Waals surface area contributed by atoms with Crippen LogP contribution >= 0.6 is 0 Å². The molecule has 1 N–H and O–H groups in total. The van der Waals surface area contributed by atoms with Crippen LogP contribution < -0.4 is 4.90 Å². The first-order valence-corrected chi connectivity index (χ1v) is 9.86. The van der Waals surface area contributed by atoms with Crippen molar-refractivity contribution < 1.29 is 14.7 Å². The van der Waals surface area contributed by atoms with Gasteiger partial charge in [-0.05, 0) is 31.4 Å². The molecule has 6 nitrogen and oxygen atoms in total. The molecule has 1 aromatic carbocycles. The van der Waals surface area contributed by atoms with Gasteiger partial charge >= 0.3 is 5.97 Å². The van der Waals surface area contributed by atoms with Crippen LogP contribution in [0.1, 0.15) is 46.1 Å². The van der Waals surface area contributed by atoms with Crippen molar-refractivity contribution in [1.29, 1.82) is 0 Å². The Kier molecular flexibility index (Phi) is 4.14. The van der Waals surface area contributed by atoms with Crippen molar-refractivity contribution in [2.75, 3.05) is 18.0 Å². The molecule has 3 aliphatic heterocycles. The first-order valence-electron chi connectivity index (χ1n) is 9.86. The lowest BCUT2D eigenvalue weighted by Gasteiger charge is -2.45. The van der Waals surface area contributed by atoms with E-state index in [2.05, 4.69) is 25.7 Å². The molecule has 0 bridgehead atoms. The van der Waals surface area contributed by atoms with E-state index in [0.717, 1.165) is 24.2 Å².